The highest BCUT2D eigenvalue weighted by atomic mass is 19.4. The number of methoxy groups -OCH3 is 1. The summed E-state index contributed by atoms with van der Waals surface area (Å²) in [6.07, 6.45) is -1.79. The maximum atomic E-state index is 12.1. The Morgan fingerprint density at radius 3 is 2.04 bits per heavy atom. The number of ketones is 1. The van der Waals surface area contributed by atoms with Crippen molar-refractivity contribution in [1.82, 2.24) is 0 Å². The molecule has 0 radical (unpaired) electrons. The molecule has 0 aliphatic heterocycles. The maximum absolute atomic E-state index is 12.1. The van der Waals surface area contributed by atoms with Crippen LogP contribution in [-0.4, -0.2) is 19.3 Å². The Hall–Kier alpha value is -2.76. The number of carbonyl (C=O) groups excluding carboxylic acids is 1. The molecule has 0 saturated heterocycles. The van der Waals surface area contributed by atoms with Gasteiger partial charge >= 0.3 is 6.36 Å². The van der Waals surface area contributed by atoms with E-state index in [2.05, 4.69) is 4.74 Å². The Kier molecular flexibility index (Phi) is 5.05. The van der Waals surface area contributed by atoms with Crippen LogP contribution in [0.3, 0.4) is 0 Å². The van der Waals surface area contributed by atoms with Crippen LogP contribution >= 0.6 is 0 Å². The molecule has 2 aromatic rings. The molecular formula is C17H13F3O3. The van der Waals surface area contributed by atoms with Crippen LogP contribution in [0.25, 0.3) is 6.08 Å². The summed E-state index contributed by atoms with van der Waals surface area (Å²) in [6.45, 7) is 0. The minimum atomic E-state index is -4.75. The average Bonchev–Trinajstić information content (AvgIpc) is 2.52. The van der Waals surface area contributed by atoms with Crippen molar-refractivity contribution in [3.05, 3.63) is 65.7 Å². The van der Waals surface area contributed by atoms with E-state index in [1.807, 2.05) is 0 Å². The lowest BCUT2D eigenvalue weighted by molar-refractivity contribution is -0.274. The van der Waals surface area contributed by atoms with Gasteiger partial charge < -0.3 is 9.47 Å². The van der Waals surface area contributed by atoms with Crippen LogP contribution < -0.4 is 9.47 Å². The van der Waals surface area contributed by atoms with E-state index in [0.717, 1.165) is 17.7 Å². The van der Waals surface area contributed by atoms with Crippen molar-refractivity contribution in [3.63, 3.8) is 0 Å². The van der Waals surface area contributed by atoms with Gasteiger partial charge in [-0.15, -0.1) is 13.2 Å². The number of halogens is 3. The van der Waals surface area contributed by atoms with E-state index in [0.29, 0.717) is 5.75 Å². The van der Waals surface area contributed by atoms with Crippen LogP contribution in [-0.2, 0) is 0 Å². The predicted molar refractivity (Wildman–Crippen MR) is 79.5 cm³/mol. The molecule has 2 aromatic carbocycles. The summed E-state index contributed by atoms with van der Waals surface area (Å²) in [5.74, 6) is 0.0151. The van der Waals surface area contributed by atoms with Crippen molar-refractivity contribution in [1.29, 1.82) is 0 Å². The van der Waals surface area contributed by atoms with Gasteiger partial charge in [0.1, 0.15) is 11.5 Å². The third-order valence-electron chi connectivity index (χ3n) is 2.92. The molecule has 0 aliphatic carbocycles. The lowest BCUT2D eigenvalue weighted by atomic mass is 10.1. The Morgan fingerprint density at radius 1 is 0.957 bits per heavy atom. The van der Waals surface area contributed by atoms with E-state index in [9.17, 15) is 18.0 Å². The zero-order valence-corrected chi connectivity index (χ0v) is 12.1. The molecule has 0 amide bonds. The average molecular weight is 322 g/mol. The van der Waals surface area contributed by atoms with Crippen molar-refractivity contribution in [3.8, 4) is 11.5 Å². The number of hydrogen-bond acceptors (Lipinski definition) is 3. The summed E-state index contributed by atoms with van der Waals surface area (Å²) < 4.78 is 44.9. The Labute approximate surface area is 131 Å². The lowest BCUT2D eigenvalue weighted by Gasteiger charge is -2.08. The Bertz CT molecular complexity index is 687. The SMILES string of the molecule is COc1ccc(C=CC(=O)c2ccc(OC(F)(F)F)cc2)cc1. The Balaban J connectivity index is 2.03. The second-order valence-electron chi connectivity index (χ2n) is 4.54. The molecule has 0 heterocycles. The molecule has 2 rings (SSSR count). The molecule has 3 nitrogen and oxygen atoms in total. The van der Waals surface area contributed by atoms with Crippen molar-refractivity contribution in [2.75, 3.05) is 7.11 Å². The zero-order valence-electron chi connectivity index (χ0n) is 12.1. The quantitative estimate of drug-likeness (QED) is 0.601. The van der Waals surface area contributed by atoms with Gasteiger partial charge in [0.05, 0.1) is 7.11 Å². The summed E-state index contributed by atoms with van der Waals surface area (Å²) in [5, 5.41) is 0. The van der Waals surface area contributed by atoms with Crippen LogP contribution in [0.2, 0.25) is 0 Å². The van der Waals surface area contributed by atoms with Crippen LogP contribution in [0.4, 0.5) is 13.2 Å². The summed E-state index contributed by atoms with van der Waals surface area (Å²) in [6, 6.07) is 11.8. The highest BCUT2D eigenvalue weighted by Gasteiger charge is 2.30. The fourth-order valence-electron chi connectivity index (χ4n) is 1.80. The van der Waals surface area contributed by atoms with Crippen molar-refractivity contribution >= 4 is 11.9 Å². The molecule has 23 heavy (non-hydrogen) atoms. The lowest BCUT2D eigenvalue weighted by Crippen LogP contribution is -2.17. The van der Waals surface area contributed by atoms with Crippen molar-refractivity contribution in [2.45, 2.75) is 6.36 Å². The highest BCUT2D eigenvalue weighted by Crippen LogP contribution is 2.23. The maximum Gasteiger partial charge on any atom is 0.573 e. The molecule has 0 N–H and O–H groups in total. The number of hydrogen-bond donors (Lipinski definition) is 0. The van der Waals surface area contributed by atoms with E-state index in [4.69, 9.17) is 4.74 Å². The van der Waals surface area contributed by atoms with E-state index in [1.165, 1.54) is 18.2 Å². The summed E-state index contributed by atoms with van der Waals surface area (Å²) in [5.41, 5.74) is 1.07. The third-order valence-corrected chi connectivity index (χ3v) is 2.92. The molecular weight excluding hydrogens is 309 g/mol. The molecule has 120 valence electrons. The van der Waals surface area contributed by atoms with Crippen molar-refractivity contribution < 1.29 is 27.4 Å². The monoisotopic (exact) mass is 322 g/mol. The summed E-state index contributed by atoms with van der Waals surface area (Å²) in [4.78, 5) is 12.0. The minimum absolute atomic E-state index is 0.268. The fraction of sp³-hybridized carbons (Fsp3) is 0.118. The number of allylic oxidation sites excluding steroid dienone is 1. The molecule has 0 spiro atoms. The second-order valence-corrected chi connectivity index (χ2v) is 4.54. The molecule has 6 heteroatoms. The number of rotatable bonds is 5. The van der Waals surface area contributed by atoms with Crippen LogP contribution in [0.5, 0.6) is 11.5 Å². The van der Waals surface area contributed by atoms with E-state index >= 15 is 0 Å². The van der Waals surface area contributed by atoms with E-state index < -0.39 is 6.36 Å². The predicted octanol–water partition coefficient (Wildman–Crippen LogP) is 4.49. The smallest absolute Gasteiger partial charge is 0.497 e. The van der Waals surface area contributed by atoms with Crippen LogP contribution in [0, 0.1) is 0 Å². The number of ether oxygens (including phenoxy) is 2. The first-order valence-corrected chi connectivity index (χ1v) is 6.60. The molecule has 0 atom stereocenters. The number of benzene rings is 2. The summed E-state index contributed by atoms with van der Waals surface area (Å²) in [7, 11) is 1.56. The molecule has 0 bridgehead atoms. The fourth-order valence-corrected chi connectivity index (χ4v) is 1.80. The largest absolute Gasteiger partial charge is 0.573 e. The van der Waals surface area contributed by atoms with Gasteiger partial charge in [-0.25, -0.2) is 0 Å². The van der Waals surface area contributed by atoms with Gasteiger partial charge in [0, 0.05) is 5.56 Å². The van der Waals surface area contributed by atoms with Gasteiger partial charge in [-0.2, -0.15) is 0 Å². The number of carbonyl (C=O) groups is 1. The zero-order chi connectivity index (χ0) is 16.9. The van der Waals surface area contributed by atoms with E-state index in [1.54, 1.807) is 37.5 Å². The van der Waals surface area contributed by atoms with Gasteiger partial charge in [0.25, 0.3) is 0 Å². The molecule has 0 aliphatic rings. The minimum Gasteiger partial charge on any atom is -0.497 e. The second kappa shape index (κ2) is 7.00. The molecule has 0 fully saturated rings. The molecule has 0 saturated carbocycles. The first kappa shape index (κ1) is 16.6. The van der Waals surface area contributed by atoms with Gasteiger partial charge in [-0.05, 0) is 48.0 Å². The first-order chi connectivity index (χ1) is 10.9. The topological polar surface area (TPSA) is 35.5 Å². The molecule has 0 unspecified atom stereocenters. The standard InChI is InChI=1S/C17H13F3O3/c1-22-14-7-2-12(3-8-14)4-11-16(21)13-5-9-15(10-6-13)23-17(18,19)20/h2-11H,1H3. The van der Waals surface area contributed by atoms with Crippen molar-refractivity contribution in [2.24, 2.45) is 0 Å². The van der Waals surface area contributed by atoms with Gasteiger partial charge in [-0.3, -0.25) is 4.79 Å². The molecule has 0 aromatic heterocycles. The Morgan fingerprint density at radius 2 is 1.52 bits per heavy atom. The van der Waals surface area contributed by atoms with E-state index in [-0.39, 0.29) is 17.1 Å². The summed E-state index contributed by atoms with van der Waals surface area (Å²) >= 11 is 0. The van der Waals surface area contributed by atoms with Gasteiger partial charge in [0.2, 0.25) is 0 Å². The number of alkyl halides is 3. The normalized spacial score (nSPS) is 11.5. The van der Waals surface area contributed by atoms with Gasteiger partial charge in [-0.1, -0.05) is 18.2 Å². The van der Waals surface area contributed by atoms with Gasteiger partial charge in [0.15, 0.2) is 5.78 Å². The first-order valence-electron chi connectivity index (χ1n) is 6.60. The third kappa shape index (κ3) is 5.18. The van der Waals surface area contributed by atoms with Crippen LogP contribution in [0.1, 0.15) is 15.9 Å². The van der Waals surface area contributed by atoms with Crippen LogP contribution in [0.15, 0.2) is 54.6 Å². The highest BCUT2D eigenvalue weighted by molar-refractivity contribution is 6.06.